The largest absolute Gasteiger partial charge is 0.269 e. The highest BCUT2D eigenvalue weighted by molar-refractivity contribution is 4.91. The van der Waals surface area contributed by atoms with Crippen LogP contribution in [0.15, 0.2) is 30.6 Å². The van der Waals surface area contributed by atoms with Gasteiger partial charge in [0.1, 0.15) is 0 Å². The third-order valence-corrected chi connectivity index (χ3v) is 2.38. The summed E-state index contributed by atoms with van der Waals surface area (Å²) in [5.74, 6) is 0. The Morgan fingerprint density at radius 2 is 2.33 bits per heavy atom. The van der Waals surface area contributed by atoms with Crippen molar-refractivity contribution in [3.63, 3.8) is 0 Å². The molecular formula is C10H14N2. The molecule has 64 valence electrons. The van der Waals surface area contributed by atoms with E-state index in [1.165, 1.54) is 19.3 Å². The molecule has 2 nitrogen and oxygen atoms in total. The number of nitrogens with zero attached hydrogens (tertiary/aromatic N) is 2. The molecule has 0 spiro atoms. The maximum atomic E-state index is 4.26. The van der Waals surface area contributed by atoms with Crippen molar-refractivity contribution >= 4 is 0 Å². The zero-order valence-corrected chi connectivity index (χ0v) is 7.19. The van der Waals surface area contributed by atoms with Crippen molar-refractivity contribution in [1.82, 2.24) is 9.78 Å². The smallest absolute Gasteiger partial charge is 0.0553 e. The van der Waals surface area contributed by atoms with E-state index in [4.69, 9.17) is 0 Å². The van der Waals surface area contributed by atoms with E-state index in [-0.39, 0.29) is 0 Å². The topological polar surface area (TPSA) is 17.8 Å². The zero-order valence-electron chi connectivity index (χ0n) is 7.19. The van der Waals surface area contributed by atoms with E-state index >= 15 is 0 Å². The second-order valence-corrected chi connectivity index (χ2v) is 3.28. The molecule has 1 aliphatic rings. The fourth-order valence-electron chi connectivity index (χ4n) is 1.70. The predicted octanol–water partition coefficient (Wildman–Crippen LogP) is 2.55. The van der Waals surface area contributed by atoms with Crippen molar-refractivity contribution < 1.29 is 0 Å². The van der Waals surface area contributed by atoms with Crippen molar-refractivity contribution in [3.8, 4) is 0 Å². The summed E-state index contributed by atoms with van der Waals surface area (Å²) in [4.78, 5) is 0. The van der Waals surface area contributed by atoms with Crippen LogP contribution in [0, 0.1) is 0 Å². The molecule has 1 atom stereocenters. The van der Waals surface area contributed by atoms with E-state index < -0.39 is 0 Å². The van der Waals surface area contributed by atoms with E-state index in [1.807, 2.05) is 12.3 Å². The van der Waals surface area contributed by atoms with E-state index in [0.717, 1.165) is 6.42 Å². The molecule has 2 heteroatoms. The molecule has 0 fully saturated rings. The van der Waals surface area contributed by atoms with Gasteiger partial charge in [-0.1, -0.05) is 12.2 Å². The summed E-state index contributed by atoms with van der Waals surface area (Å²) >= 11 is 0. The van der Waals surface area contributed by atoms with Gasteiger partial charge >= 0.3 is 0 Å². The van der Waals surface area contributed by atoms with Gasteiger partial charge in [-0.2, -0.15) is 5.10 Å². The Labute approximate surface area is 72.9 Å². The second-order valence-electron chi connectivity index (χ2n) is 3.28. The molecule has 0 bridgehead atoms. The molecule has 0 aliphatic heterocycles. The van der Waals surface area contributed by atoms with Crippen LogP contribution in [0.3, 0.4) is 0 Å². The van der Waals surface area contributed by atoms with E-state index in [1.54, 1.807) is 0 Å². The van der Waals surface area contributed by atoms with Gasteiger partial charge in [-0.3, -0.25) is 4.68 Å². The molecule has 1 aliphatic carbocycles. The summed E-state index contributed by atoms with van der Waals surface area (Å²) in [7, 11) is 0. The van der Waals surface area contributed by atoms with Gasteiger partial charge < -0.3 is 0 Å². The summed E-state index contributed by atoms with van der Waals surface area (Å²) < 4.78 is 2.08. The van der Waals surface area contributed by atoms with Crippen LogP contribution in [0.2, 0.25) is 0 Å². The van der Waals surface area contributed by atoms with Gasteiger partial charge in [0.05, 0.1) is 6.04 Å². The molecule has 0 radical (unpaired) electrons. The first-order valence-electron chi connectivity index (χ1n) is 4.61. The first-order valence-corrected chi connectivity index (χ1v) is 4.61. The van der Waals surface area contributed by atoms with Crippen molar-refractivity contribution in [1.29, 1.82) is 0 Å². The number of aromatic nitrogens is 2. The summed E-state index contributed by atoms with van der Waals surface area (Å²) in [6.07, 6.45) is 13.4. The highest BCUT2D eigenvalue weighted by Gasteiger charge is 2.10. The summed E-state index contributed by atoms with van der Waals surface area (Å²) in [6, 6.07) is 2.59. The van der Waals surface area contributed by atoms with Crippen LogP contribution >= 0.6 is 0 Å². The maximum Gasteiger partial charge on any atom is 0.0553 e. The minimum absolute atomic E-state index is 0.596. The Morgan fingerprint density at radius 1 is 1.33 bits per heavy atom. The molecule has 0 saturated heterocycles. The Morgan fingerprint density at radius 3 is 3.17 bits per heavy atom. The van der Waals surface area contributed by atoms with Gasteiger partial charge in [0, 0.05) is 12.4 Å². The Bertz CT molecular complexity index is 249. The molecule has 0 amide bonds. The van der Waals surface area contributed by atoms with Crippen LogP contribution in [0.4, 0.5) is 0 Å². The molecule has 1 aromatic heterocycles. The lowest BCUT2D eigenvalue weighted by Crippen LogP contribution is -2.07. The number of rotatable bonds is 1. The highest BCUT2D eigenvalue weighted by atomic mass is 15.3. The van der Waals surface area contributed by atoms with E-state index in [2.05, 4.69) is 28.1 Å². The van der Waals surface area contributed by atoms with Crippen LogP contribution in [0.1, 0.15) is 31.7 Å². The van der Waals surface area contributed by atoms with Crippen LogP contribution in [-0.4, -0.2) is 9.78 Å². The predicted molar refractivity (Wildman–Crippen MR) is 48.9 cm³/mol. The van der Waals surface area contributed by atoms with Gasteiger partial charge in [0.25, 0.3) is 0 Å². The van der Waals surface area contributed by atoms with Crippen LogP contribution in [-0.2, 0) is 0 Å². The van der Waals surface area contributed by atoms with E-state index in [9.17, 15) is 0 Å². The average molecular weight is 162 g/mol. The van der Waals surface area contributed by atoms with Gasteiger partial charge in [-0.15, -0.1) is 0 Å². The number of allylic oxidation sites excluding steroid dienone is 2. The Kier molecular flexibility index (Phi) is 2.26. The molecule has 12 heavy (non-hydrogen) atoms. The lowest BCUT2D eigenvalue weighted by Gasteiger charge is -2.13. The minimum atomic E-state index is 0.596. The van der Waals surface area contributed by atoms with Crippen molar-refractivity contribution in [3.05, 3.63) is 30.6 Å². The minimum Gasteiger partial charge on any atom is -0.269 e. The molecule has 0 N–H and O–H groups in total. The maximum absolute atomic E-state index is 4.26. The third-order valence-electron chi connectivity index (χ3n) is 2.38. The van der Waals surface area contributed by atoms with Gasteiger partial charge in [0.2, 0.25) is 0 Å². The molecule has 1 unspecified atom stereocenters. The first-order chi connectivity index (χ1) is 5.97. The summed E-state index contributed by atoms with van der Waals surface area (Å²) in [5, 5.41) is 4.26. The Hall–Kier alpha value is -1.05. The van der Waals surface area contributed by atoms with Crippen molar-refractivity contribution in [2.75, 3.05) is 0 Å². The average Bonchev–Trinajstić information content (AvgIpc) is 2.48. The lowest BCUT2D eigenvalue weighted by atomic mass is 10.1. The van der Waals surface area contributed by atoms with Gasteiger partial charge in [0.15, 0.2) is 0 Å². The molecule has 2 rings (SSSR count). The number of hydrogen-bond acceptors (Lipinski definition) is 1. The van der Waals surface area contributed by atoms with Crippen LogP contribution < -0.4 is 0 Å². The number of hydrogen-bond donors (Lipinski definition) is 0. The molecule has 1 heterocycles. The Balaban J connectivity index is 2.08. The molecular weight excluding hydrogens is 148 g/mol. The van der Waals surface area contributed by atoms with Crippen LogP contribution in [0.25, 0.3) is 0 Å². The molecule has 0 saturated carbocycles. The normalized spacial score (nSPS) is 23.8. The zero-order chi connectivity index (χ0) is 8.23. The fraction of sp³-hybridized carbons (Fsp3) is 0.500. The van der Waals surface area contributed by atoms with Crippen LogP contribution in [0.5, 0.6) is 0 Å². The molecule has 1 aromatic rings. The van der Waals surface area contributed by atoms with Crippen molar-refractivity contribution in [2.24, 2.45) is 0 Å². The first kappa shape index (κ1) is 7.59. The van der Waals surface area contributed by atoms with Crippen molar-refractivity contribution in [2.45, 2.75) is 31.7 Å². The fourth-order valence-corrected chi connectivity index (χ4v) is 1.70. The summed E-state index contributed by atoms with van der Waals surface area (Å²) in [6.45, 7) is 0. The quantitative estimate of drug-likeness (QED) is 0.580. The highest BCUT2D eigenvalue weighted by Crippen LogP contribution is 2.21. The van der Waals surface area contributed by atoms with Gasteiger partial charge in [-0.05, 0) is 31.7 Å². The lowest BCUT2D eigenvalue weighted by molar-refractivity contribution is 0.425. The standard InChI is InChI=1S/C10H14N2/c1-2-4-7-10(6-3-1)12-9-5-8-11-12/h1,3,5,8-10H,2,4,6-7H2. The van der Waals surface area contributed by atoms with E-state index in [0.29, 0.717) is 6.04 Å². The SMILES string of the molecule is C1=CCC(n2cccn2)CCC1. The monoisotopic (exact) mass is 162 g/mol. The summed E-state index contributed by atoms with van der Waals surface area (Å²) in [5.41, 5.74) is 0. The third kappa shape index (κ3) is 1.58. The van der Waals surface area contributed by atoms with Gasteiger partial charge in [-0.25, -0.2) is 0 Å². The second kappa shape index (κ2) is 3.57. The molecule has 0 aromatic carbocycles.